The van der Waals surface area contributed by atoms with Crippen molar-refractivity contribution in [2.24, 2.45) is 0 Å². The Bertz CT molecular complexity index is 807. The number of nitrogens with one attached hydrogen (secondary N) is 3. The van der Waals surface area contributed by atoms with Crippen molar-refractivity contribution >= 4 is 35.1 Å². The van der Waals surface area contributed by atoms with Gasteiger partial charge in [0.05, 0.1) is 10.7 Å². The molecule has 144 valence electrons. The fourth-order valence-corrected chi connectivity index (χ4v) is 3.26. The summed E-state index contributed by atoms with van der Waals surface area (Å²) >= 11 is 6.12. The van der Waals surface area contributed by atoms with Crippen LogP contribution in [0.2, 0.25) is 5.02 Å². The van der Waals surface area contributed by atoms with Crippen molar-refractivity contribution in [2.45, 2.75) is 26.7 Å². The van der Waals surface area contributed by atoms with Crippen LogP contribution in [0.15, 0.2) is 24.3 Å². The van der Waals surface area contributed by atoms with Crippen molar-refractivity contribution in [3.05, 3.63) is 40.5 Å². The molecule has 2 amide bonds. The van der Waals surface area contributed by atoms with E-state index in [1.54, 1.807) is 6.07 Å². The van der Waals surface area contributed by atoms with E-state index in [4.69, 9.17) is 11.6 Å². The minimum absolute atomic E-state index is 0.300. The van der Waals surface area contributed by atoms with E-state index in [2.05, 4.69) is 30.8 Å². The zero-order chi connectivity index (χ0) is 19.2. The fourth-order valence-electron chi connectivity index (χ4n) is 2.98. The molecule has 0 spiro atoms. The summed E-state index contributed by atoms with van der Waals surface area (Å²) in [5.41, 5.74) is 2.56. The van der Waals surface area contributed by atoms with Crippen molar-refractivity contribution in [3.8, 4) is 0 Å². The third-order valence-electron chi connectivity index (χ3n) is 4.34. The Morgan fingerprint density at radius 2 is 1.93 bits per heavy atom. The summed E-state index contributed by atoms with van der Waals surface area (Å²) in [5.74, 6) is 1.54. The molecule has 3 rings (SSSR count). The molecule has 0 bridgehead atoms. The monoisotopic (exact) mass is 388 g/mol. The molecular weight excluding hydrogens is 364 g/mol. The number of anilines is 3. The largest absolute Gasteiger partial charge is 0.356 e. The number of rotatable bonds is 6. The lowest BCUT2D eigenvalue weighted by molar-refractivity contribution is 0.252. The van der Waals surface area contributed by atoms with E-state index in [0.717, 1.165) is 30.2 Å². The number of nitrogens with zero attached hydrogens (tertiary/aromatic N) is 3. The molecule has 1 fully saturated rings. The zero-order valence-corrected chi connectivity index (χ0v) is 16.4. The summed E-state index contributed by atoms with van der Waals surface area (Å²) in [5, 5.41) is 9.22. The summed E-state index contributed by atoms with van der Waals surface area (Å²) in [4.78, 5) is 23.3. The Balaban J connectivity index is 1.46. The maximum absolute atomic E-state index is 12.0. The molecule has 0 aliphatic carbocycles. The van der Waals surface area contributed by atoms with Crippen molar-refractivity contribution in [1.29, 1.82) is 0 Å². The van der Waals surface area contributed by atoms with Gasteiger partial charge in [0, 0.05) is 37.9 Å². The van der Waals surface area contributed by atoms with Gasteiger partial charge in [0.15, 0.2) is 0 Å². The highest BCUT2D eigenvalue weighted by molar-refractivity contribution is 6.33. The van der Waals surface area contributed by atoms with Gasteiger partial charge >= 0.3 is 6.03 Å². The number of carbonyl (C=O) groups excluding carboxylic acids is 1. The van der Waals surface area contributed by atoms with Gasteiger partial charge in [-0.15, -0.1) is 0 Å². The molecule has 8 heteroatoms. The van der Waals surface area contributed by atoms with Gasteiger partial charge < -0.3 is 20.9 Å². The molecule has 1 aromatic carbocycles. The number of urea groups is 1. The molecule has 1 aliphatic heterocycles. The Kier molecular flexibility index (Phi) is 6.34. The van der Waals surface area contributed by atoms with Gasteiger partial charge in [-0.25, -0.2) is 9.78 Å². The van der Waals surface area contributed by atoms with E-state index in [-0.39, 0.29) is 6.03 Å². The van der Waals surface area contributed by atoms with E-state index < -0.39 is 0 Å². The SMILES string of the molecule is Cc1ccc(NC(=O)NCCNc2nc(C)cc(N3CCCC3)n2)c(Cl)c1. The van der Waals surface area contributed by atoms with E-state index >= 15 is 0 Å². The van der Waals surface area contributed by atoms with Crippen LogP contribution in [0.1, 0.15) is 24.1 Å². The molecule has 1 saturated heterocycles. The smallest absolute Gasteiger partial charge is 0.319 e. The van der Waals surface area contributed by atoms with Gasteiger partial charge in [0.1, 0.15) is 5.82 Å². The summed E-state index contributed by atoms with van der Waals surface area (Å²) in [6.07, 6.45) is 2.41. The summed E-state index contributed by atoms with van der Waals surface area (Å²) in [6, 6.07) is 7.20. The second-order valence-electron chi connectivity index (χ2n) is 6.68. The highest BCUT2D eigenvalue weighted by Gasteiger charge is 2.15. The van der Waals surface area contributed by atoms with Crippen LogP contribution in [0.5, 0.6) is 0 Å². The lowest BCUT2D eigenvalue weighted by Gasteiger charge is -2.17. The molecule has 0 radical (unpaired) electrons. The van der Waals surface area contributed by atoms with Crippen LogP contribution in [0, 0.1) is 13.8 Å². The molecule has 2 aromatic rings. The first-order chi connectivity index (χ1) is 13.0. The molecule has 0 unspecified atom stereocenters. The number of aryl methyl sites for hydroxylation is 2. The highest BCUT2D eigenvalue weighted by Crippen LogP contribution is 2.22. The van der Waals surface area contributed by atoms with Crippen LogP contribution in [0.3, 0.4) is 0 Å². The van der Waals surface area contributed by atoms with Crippen LogP contribution >= 0.6 is 11.6 Å². The summed E-state index contributed by atoms with van der Waals surface area (Å²) in [7, 11) is 0. The lowest BCUT2D eigenvalue weighted by atomic mass is 10.2. The Labute approximate surface area is 164 Å². The van der Waals surface area contributed by atoms with E-state index in [0.29, 0.717) is 29.7 Å². The zero-order valence-electron chi connectivity index (χ0n) is 15.7. The van der Waals surface area contributed by atoms with Gasteiger partial charge in [-0.3, -0.25) is 0 Å². The second kappa shape index (κ2) is 8.90. The Morgan fingerprint density at radius 1 is 1.15 bits per heavy atom. The number of aromatic nitrogens is 2. The van der Waals surface area contributed by atoms with Crippen LogP contribution < -0.4 is 20.9 Å². The predicted molar refractivity (Wildman–Crippen MR) is 110 cm³/mol. The highest BCUT2D eigenvalue weighted by atomic mass is 35.5. The number of amides is 2. The van der Waals surface area contributed by atoms with Crippen LogP contribution in [0.4, 0.5) is 22.2 Å². The van der Waals surface area contributed by atoms with Crippen LogP contribution in [-0.4, -0.2) is 42.2 Å². The first-order valence-corrected chi connectivity index (χ1v) is 9.54. The minimum Gasteiger partial charge on any atom is -0.356 e. The van der Waals surface area contributed by atoms with Gasteiger partial charge in [0.25, 0.3) is 0 Å². The van der Waals surface area contributed by atoms with Crippen molar-refractivity contribution < 1.29 is 4.79 Å². The van der Waals surface area contributed by atoms with Gasteiger partial charge in [-0.1, -0.05) is 17.7 Å². The van der Waals surface area contributed by atoms with Crippen molar-refractivity contribution in [3.63, 3.8) is 0 Å². The standard InChI is InChI=1S/C19H25ClN6O/c1-13-5-6-16(15(20)11-13)24-19(27)22-8-7-21-18-23-14(2)12-17(25-18)26-9-3-4-10-26/h5-6,11-12H,3-4,7-10H2,1-2H3,(H,21,23,25)(H2,22,24,27). The minimum atomic E-state index is -0.300. The fraction of sp³-hybridized carbons (Fsp3) is 0.421. The van der Waals surface area contributed by atoms with Crippen molar-refractivity contribution in [2.75, 3.05) is 41.7 Å². The first-order valence-electron chi connectivity index (χ1n) is 9.17. The third-order valence-corrected chi connectivity index (χ3v) is 4.65. The summed E-state index contributed by atoms with van der Waals surface area (Å²) in [6.45, 7) is 6.95. The number of hydrogen-bond donors (Lipinski definition) is 3. The number of benzene rings is 1. The molecular formula is C19H25ClN6O. The van der Waals surface area contributed by atoms with E-state index in [1.165, 1.54) is 12.8 Å². The van der Waals surface area contributed by atoms with Crippen LogP contribution in [-0.2, 0) is 0 Å². The van der Waals surface area contributed by atoms with Gasteiger partial charge in [-0.2, -0.15) is 4.98 Å². The quantitative estimate of drug-likeness (QED) is 0.659. The average molecular weight is 389 g/mol. The number of hydrogen-bond acceptors (Lipinski definition) is 5. The molecule has 0 atom stereocenters. The van der Waals surface area contributed by atoms with Gasteiger partial charge in [0.2, 0.25) is 5.95 Å². The van der Waals surface area contributed by atoms with Crippen LogP contribution in [0.25, 0.3) is 0 Å². The normalized spacial score (nSPS) is 13.5. The van der Waals surface area contributed by atoms with E-state index in [1.807, 2.05) is 32.0 Å². The second-order valence-corrected chi connectivity index (χ2v) is 7.08. The first kappa shape index (κ1) is 19.2. The molecule has 2 heterocycles. The molecule has 27 heavy (non-hydrogen) atoms. The Morgan fingerprint density at radius 3 is 2.67 bits per heavy atom. The maximum atomic E-state index is 12.0. The summed E-state index contributed by atoms with van der Waals surface area (Å²) < 4.78 is 0. The lowest BCUT2D eigenvalue weighted by Crippen LogP contribution is -2.33. The molecule has 0 saturated carbocycles. The Hall–Kier alpha value is -2.54. The maximum Gasteiger partial charge on any atom is 0.319 e. The molecule has 1 aliphatic rings. The molecule has 7 nitrogen and oxygen atoms in total. The third kappa shape index (κ3) is 5.47. The average Bonchev–Trinajstić information content (AvgIpc) is 3.15. The predicted octanol–water partition coefficient (Wildman–Crippen LogP) is 3.58. The van der Waals surface area contributed by atoms with E-state index in [9.17, 15) is 4.79 Å². The number of halogens is 1. The molecule has 3 N–H and O–H groups in total. The topological polar surface area (TPSA) is 82.2 Å². The number of carbonyl (C=O) groups is 1. The van der Waals surface area contributed by atoms with Gasteiger partial charge in [-0.05, 0) is 44.4 Å². The molecule has 1 aromatic heterocycles. The van der Waals surface area contributed by atoms with Crippen molar-refractivity contribution in [1.82, 2.24) is 15.3 Å².